The van der Waals surface area contributed by atoms with E-state index in [1.165, 1.54) is 12.1 Å². The molecule has 0 aliphatic heterocycles. The van der Waals surface area contributed by atoms with E-state index in [-0.39, 0.29) is 4.90 Å². The molecule has 4 aromatic rings. The zero-order chi connectivity index (χ0) is 19.9. The van der Waals surface area contributed by atoms with Gasteiger partial charge in [0, 0.05) is 17.4 Å². The van der Waals surface area contributed by atoms with Crippen molar-refractivity contribution < 1.29 is 12.8 Å². The molecule has 0 atom stereocenters. The summed E-state index contributed by atoms with van der Waals surface area (Å²) in [7, 11) is -4.06. The molecule has 5 heteroatoms. The molecule has 0 amide bonds. The molecule has 0 radical (unpaired) electrons. The van der Waals surface area contributed by atoms with Gasteiger partial charge in [-0.25, -0.2) is 12.4 Å². The van der Waals surface area contributed by atoms with Crippen molar-refractivity contribution in [3.8, 4) is 0 Å². The van der Waals surface area contributed by atoms with Crippen LogP contribution in [0.5, 0.6) is 0 Å². The van der Waals surface area contributed by atoms with Gasteiger partial charge in [-0.2, -0.15) is 4.39 Å². The highest BCUT2D eigenvalue weighted by atomic mass is 32.2. The van der Waals surface area contributed by atoms with Crippen LogP contribution in [0, 0.1) is 19.8 Å². The molecule has 0 spiro atoms. The molecular weight excluding hydrogens is 373 g/mol. The van der Waals surface area contributed by atoms with Crippen LogP contribution in [-0.4, -0.2) is 12.4 Å². The third kappa shape index (κ3) is 3.12. The summed E-state index contributed by atoms with van der Waals surface area (Å²) < 4.78 is 42.9. The number of aromatic nitrogens is 1. The number of hydrogen-bond donors (Lipinski definition) is 0. The standard InChI is InChI=1S/C23H20FNO2S/c1-16-8-11-19(12-9-16)28(26,27)25-22-13-10-17(2)14-20(22)21(23(25)24)15-18-6-4-3-5-7-18/h3-14H,15H2,1-2H3. The first-order chi connectivity index (χ1) is 13.4. The maximum atomic E-state index is 15.5. The molecule has 0 unspecified atom stereocenters. The molecule has 1 heterocycles. The molecule has 0 fully saturated rings. The van der Waals surface area contributed by atoms with Gasteiger partial charge in [-0.1, -0.05) is 59.7 Å². The van der Waals surface area contributed by atoms with Gasteiger partial charge in [-0.15, -0.1) is 0 Å². The predicted molar refractivity (Wildman–Crippen MR) is 110 cm³/mol. The number of rotatable bonds is 4. The summed E-state index contributed by atoms with van der Waals surface area (Å²) >= 11 is 0. The molecule has 3 aromatic carbocycles. The molecule has 0 saturated heterocycles. The Morgan fingerprint density at radius 1 is 0.857 bits per heavy atom. The molecular formula is C23H20FNO2S. The first kappa shape index (κ1) is 18.4. The van der Waals surface area contributed by atoms with Crippen molar-refractivity contribution in [3.63, 3.8) is 0 Å². The van der Waals surface area contributed by atoms with E-state index in [1.54, 1.807) is 24.3 Å². The minimum atomic E-state index is -4.06. The lowest BCUT2D eigenvalue weighted by Crippen LogP contribution is -2.15. The average Bonchev–Trinajstić information content (AvgIpc) is 2.95. The molecule has 142 valence electrons. The summed E-state index contributed by atoms with van der Waals surface area (Å²) in [4.78, 5) is 0.0701. The summed E-state index contributed by atoms with van der Waals surface area (Å²) in [5, 5.41) is 0.622. The van der Waals surface area contributed by atoms with Crippen LogP contribution in [-0.2, 0) is 16.4 Å². The Balaban J connectivity index is 1.97. The third-order valence-electron chi connectivity index (χ3n) is 4.91. The highest BCUT2D eigenvalue weighted by Crippen LogP contribution is 2.31. The van der Waals surface area contributed by atoms with E-state index >= 15 is 4.39 Å². The number of benzene rings is 3. The lowest BCUT2D eigenvalue weighted by Gasteiger charge is -2.09. The first-order valence-corrected chi connectivity index (χ1v) is 10.5. The first-order valence-electron chi connectivity index (χ1n) is 9.03. The minimum absolute atomic E-state index is 0.0701. The molecule has 0 saturated carbocycles. The molecule has 4 rings (SSSR count). The van der Waals surface area contributed by atoms with Gasteiger partial charge in [0.15, 0.2) is 0 Å². The minimum Gasteiger partial charge on any atom is -0.208 e. The Morgan fingerprint density at radius 3 is 2.18 bits per heavy atom. The van der Waals surface area contributed by atoms with Gasteiger partial charge >= 0.3 is 0 Å². The van der Waals surface area contributed by atoms with Crippen LogP contribution >= 0.6 is 0 Å². The van der Waals surface area contributed by atoms with Crippen LogP contribution < -0.4 is 0 Å². The van der Waals surface area contributed by atoms with E-state index in [0.29, 0.717) is 22.9 Å². The molecule has 0 N–H and O–H groups in total. The molecule has 0 aliphatic rings. The normalized spacial score (nSPS) is 11.8. The SMILES string of the molecule is Cc1ccc(S(=O)(=O)n2c(F)c(Cc3ccccc3)c3cc(C)ccc32)cc1. The topological polar surface area (TPSA) is 39.1 Å². The van der Waals surface area contributed by atoms with Crippen LogP contribution in [0.25, 0.3) is 10.9 Å². The van der Waals surface area contributed by atoms with Gasteiger partial charge in [0.1, 0.15) is 0 Å². The fourth-order valence-electron chi connectivity index (χ4n) is 3.43. The number of fused-ring (bicyclic) bond motifs is 1. The second-order valence-electron chi connectivity index (χ2n) is 7.03. The molecule has 1 aromatic heterocycles. The van der Waals surface area contributed by atoms with Gasteiger partial charge in [0.05, 0.1) is 10.4 Å². The quantitative estimate of drug-likeness (QED) is 0.476. The fourth-order valence-corrected chi connectivity index (χ4v) is 4.86. The van der Waals surface area contributed by atoms with Gasteiger partial charge in [-0.3, -0.25) is 0 Å². The highest BCUT2D eigenvalue weighted by molar-refractivity contribution is 7.90. The smallest absolute Gasteiger partial charge is 0.208 e. The number of hydrogen-bond acceptors (Lipinski definition) is 2. The Kier molecular flexibility index (Phi) is 4.55. The Hall–Kier alpha value is -2.92. The van der Waals surface area contributed by atoms with Gasteiger partial charge in [-0.05, 0) is 43.7 Å². The largest absolute Gasteiger partial charge is 0.270 e. The van der Waals surface area contributed by atoms with Crippen LogP contribution in [0.15, 0.2) is 77.7 Å². The summed E-state index contributed by atoms with van der Waals surface area (Å²) in [5.41, 5.74) is 3.56. The summed E-state index contributed by atoms with van der Waals surface area (Å²) in [5.74, 6) is -0.731. The average molecular weight is 393 g/mol. The van der Waals surface area contributed by atoms with Crippen molar-refractivity contribution in [2.75, 3.05) is 0 Å². The molecule has 28 heavy (non-hydrogen) atoms. The van der Waals surface area contributed by atoms with E-state index in [2.05, 4.69) is 0 Å². The van der Waals surface area contributed by atoms with Crippen molar-refractivity contribution in [2.24, 2.45) is 0 Å². The third-order valence-corrected chi connectivity index (χ3v) is 6.61. The monoisotopic (exact) mass is 393 g/mol. The summed E-state index contributed by atoms with van der Waals surface area (Å²) in [6.07, 6.45) is 0.322. The summed E-state index contributed by atoms with van der Waals surface area (Å²) in [6, 6.07) is 21.3. The van der Waals surface area contributed by atoms with Crippen molar-refractivity contribution >= 4 is 20.9 Å². The zero-order valence-corrected chi connectivity index (χ0v) is 16.5. The highest BCUT2D eigenvalue weighted by Gasteiger charge is 2.27. The molecule has 3 nitrogen and oxygen atoms in total. The van der Waals surface area contributed by atoms with Crippen molar-refractivity contribution in [3.05, 3.63) is 101 Å². The molecule has 0 bridgehead atoms. The van der Waals surface area contributed by atoms with Crippen LogP contribution in [0.4, 0.5) is 4.39 Å². The lowest BCUT2D eigenvalue weighted by atomic mass is 10.0. The van der Waals surface area contributed by atoms with E-state index in [0.717, 1.165) is 20.7 Å². The number of nitrogens with zero attached hydrogens (tertiary/aromatic N) is 1. The van der Waals surface area contributed by atoms with E-state index in [9.17, 15) is 8.42 Å². The summed E-state index contributed by atoms with van der Waals surface area (Å²) in [6.45, 7) is 3.79. The van der Waals surface area contributed by atoms with Crippen LogP contribution in [0.3, 0.4) is 0 Å². The van der Waals surface area contributed by atoms with E-state index in [4.69, 9.17) is 0 Å². The Morgan fingerprint density at radius 2 is 1.50 bits per heavy atom. The predicted octanol–water partition coefficient (Wildman–Crippen LogP) is 5.23. The maximum absolute atomic E-state index is 15.5. The van der Waals surface area contributed by atoms with Crippen LogP contribution in [0.2, 0.25) is 0 Å². The van der Waals surface area contributed by atoms with E-state index in [1.807, 2.05) is 50.2 Å². The van der Waals surface area contributed by atoms with Crippen molar-refractivity contribution in [2.45, 2.75) is 25.2 Å². The second kappa shape index (κ2) is 6.91. The van der Waals surface area contributed by atoms with Crippen molar-refractivity contribution in [1.82, 2.24) is 3.97 Å². The second-order valence-corrected chi connectivity index (χ2v) is 8.82. The van der Waals surface area contributed by atoms with Gasteiger partial charge in [0.2, 0.25) is 5.95 Å². The van der Waals surface area contributed by atoms with E-state index < -0.39 is 16.0 Å². The fraction of sp³-hybridized carbons (Fsp3) is 0.130. The Labute approximate surface area is 164 Å². The Bertz CT molecular complexity index is 1260. The maximum Gasteiger partial charge on any atom is 0.270 e. The van der Waals surface area contributed by atoms with Gasteiger partial charge in [0.25, 0.3) is 10.0 Å². The lowest BCUT2D eigenvalue weighted by molar-refractivity contribution is 0.539. The van der Waals surface area contributed by atoms with Gasteiger partial charge < -0.3 is 0 Å². The van der Waals surface area contributed by atoms with Crippen LogP contribution in [0.1, 0.15) is 22.3 Å². The molecule has 0 aliphatic carbocycles. The number of aryl methyl sites for hydroxylation is 2. The number of halogens is 1. The van der Waals surface area contributed by atoms with Crippen molar-refractivity contribution in [1.29, 1.82) is 0 Å². The zero-order valence-electron chi connectivity index (χ0n) is 15.7.